The van der Waals surface area contributed by atoms with Crippen molar-refractivity contribution < 1.29 is 78.4 Å². The second-order valence-electron chi connectivity index (χ2n) is 4.15. The van der Waals surface area contributed by atoms with Crippen LogP contribution in [-0.2, 0) is 53.1 Å². The summed E-state index contributed by atoms with van der Waals surface area (Å²) < 4.78 is 10.4. The molecule has 0 spiro atoms. The molecule has 1 unspecified atom stereocenters. The van der Waals surface area contributed by atoms with Crippen molar-refractivity contribution in [2.45, 2.75) is 18.4 Å². The number of rotatable bonds is 6. The smallest absolute Gasteiger partial charge is 0.336 e. The molecule has 0 aliphatic carbocycles. The van der Waals surface area contributed by atoms with Gasteiger partial charge in [0.25, 0.3) is 0 Å². The number of benzene rings is 1. The van der Waals surface area contributed by atoms with Crippen LogP contribution in [-0.4, -0.2) is 48.8 Å². The molecule has 1 aromatic rings. The normalized spacial score (nSPS) is 10.8. The van der Waals surface area contributed by atoms with E-state index in [1.807, 2.05) is 6.07 Å². The van der Waals surface area contributed by atoms with Crippen LogP contribution in [0, 0.1) is 0 Å². The van der Waals surface area contributed by atoms with Crippen molar-refractivity contribution in [2.24, 2.45) is 0 Å². The van der Waals surface area contributed by atoms with Crippen LogP contribution in [0.1, 0.15) is 12.8 Å². The van der Waals surface area contributed by atoms with Gasteiger partial charge in [-0.3, -0.25) is 14.2 Å². The average molecular weight is 461 g/mol. The number of aliphatic carboxylic acids is 3. The van der Waals surface area contributed by atoms with Crippen molar-refractivity contribution in [1.82, 2.24) is 0 Å². The van der Waals surface area contributed by atoms with E-state index in [1.54, 1.807) is 24.3 Å². The van der Waals surface area contributed by atoms with Crippen molar-refractivity contribution in [1.29, 1.82) is 0 Å². The van der Waals surface area contributed by atoms with E-state index in [9.17, 15) is 18.9 Å². The van der Waals surface area contributed by atoms with Gasteiger partial charge in [-0.15, -0.1) is 0 Å². The van der Waals surface area contributed by atoms with Crippen LogP contribution in [0.2, 0.25) is 0 Å². The molecule has 0 heterocycles. The predicted octanol–water partition coefficient (Wildman–Crippen LogP) is -0.475. The molecule has 0 aromatic heterocycles. The van der Waals surface area contributed by atoms with Crippen LogP contribution in [0.3, 0.4) is 0 Å². The molecule has 0 aliphatic rings. The number of aliphatic hydroxyl groups is 1. The number of hydrogen-bond donors (Lipinski definition) is 5. The van der Waals surface area contributed by atoms with Gasteiger partial charge in [0.2, 0.25) is 8.03 Å². The molecule has 0 saturated carbocycles. The molecular weight excluding hydrogens is 446 g/mol. The number of carboxylic acid groups (broad SMARTS) is 3. The zero-order valence-corrected chi connectivity index (χ0v) is 14.7. The second-order valence-corrected chi connectivity index (χ2v) is 5.34. The monoisotopic (exact) mass is 460 g/mol. The fourth-order valence-corrected chi connectivity index (χ4v) is 1.77. The molecule has 1 aromatic carbocycles. The third-order valence-corrected chi connectivity index (χ3v) is 3.13. The Hall–Kier alpha value is -1.18. The molecule has 0 amide bonds. The third-order valence-electron chi connectivity index (χ3n) is 2.31. The topological polar surface area (TPSA) is 169 Å². The van der Waals surface area contributed by atoms with Gasteiger partial charge in [0.1, 0.15) is 0 Å². The van der Waals surface area contributed by atoms with Gasteiger partial charge < -0.3 is 25.3 Å². The maximum Gasteiger partial charge on any atom is 0.336 e. The molecule has 0 fully saturated rings. The molecule has 2 radical (unpaired) electrons. The maximum atomic E-state index is 10.4. The summed E-state index contributed by atoms with van der Waals surface area (Å²) in [5.41, 5.74) is -2.74. The minimum atomic E-state index is -2.74. The van der Waals surface area contributed by atoms with Crippen LogP contribution in [0.5, 0.6) is 0 Å². The summed E-state index contributed by atoms with van der Waals surface area (Å²) in [6.45, 7) is 0. The minimum Gasteiger partial charge on any atom is -0.481 e. The molecule has 0 bridgehead atoms. The molecule has 12 heteroatoms. The van der Waals surface area contributed by atoms with E-state index < -0.39 is 44.4 Å². The van der Waals surface area contributed by atoms with Crippen molar-refractivity contribution in [3.05, 3.63) is 30.3 Å². The van der Waals surface area contributed by atoms with Gasteiger partial charge in [-0.2, -0.15) is 0 Å². The molecule has 0 saturated heterocycles. The van der Waals surface area contributed by atoms with Crippen molar-refractivity contribution in [2.75, 3.05) is 0 Å². The predicted molar refractivity (Wildman–Crippen MR) is 74.4 cm³/mol. The third kappa shape index (κ3) is 11.4. The summed E-state index contributed by atoms with van der Waals surface area (Å²) in [5.74, 6) is -5.02. The van der Waals surface area contributed by atoms with Crippen molar-refractivity contribution in [3.63, 3.8) is 0 Å². The fraction of sp³-hybridized carbons (Fsp3) is 0.250. The maximum absolute atomic E-state index is 10.4. The van der Waals surface area contributed by atoms with E-state index in [1.165, 1.54) is 0 Å². The zero-order valence-electron chi connectivity index (χ0n) is 11.8. The molecule has 1 atom stereocenters. The van der Waals surface area contributed by atoms with Crippen LogP contribution in [0.4, 0.5) is 0 Å². The summed E-state index contributed by atoms with van der Waals surface area (Å²) in [4.78, 5) is 39.1. The number of carboxylic acids is 3. The number of carbonyl (C=O) groups is 3. The quantitative estimate of drug-likeness (QED) is 0.278. The van der Waals surface area contributed by atoms with Gasteiger partial charge in [-0.25, -0.2) is 4.79 Å². The summed E-state index contributed by atoms with van der Waals surface area (Å²) in [5, 5.41) is 34.3. The van der Waals surface area contributed by atoms with Gasteiger partial charge in [0.15, 0.2) is 5.60 Å². The Morgan fingerprint density at radius 2 is 1.29 bits per heavy atom. The fourth-order valence-electron chi connectivity index (χ4n) is 1.29. The van der Waals surface area contributed by atoms with Gasteiger partial charge in [-0.1, -0.05) is 18.2 Å². The first-order valence-electron chi connectivity index (χ1n) is 5.76. The molecule has 24 heavy (non-hydrogen) atoms. The van der Waals surface area contributed by atoms with Crippen LogP contribution >= 0.6 is 8.03 Å². The van der Waals surface area contributed by atoms with Crippen LogP contribution < -0.4 is 5.30 Å². The Morgan fingerprint density at radius 3 is 1.50 bits per heavy atom. The van der Waals surface area contributed by atoms with E-state index in [4.69, 9.17) is 25.3 Å². The van der Waals surface area contributed by atoms with Gasteiger partial charge in [0.05, 0.1) is 12.8 Å². The van der Waals surface area contributed by atoms with E-state index in [0.717, 1.165) is 0 Å². The molecule has 0 aliphatic heterocycles. The van der Waals surface area contributed by atoms with E-state index >= 15 is 0 Å². The Morgan fingerprint density at radius 1 is 0.917 bits per heavy atom. The van der Waals surface area contributed by atoms with E-state index in [0.29, 0.717) is 5.30 Å². The van der Waals surface area contributed by atoms with Crippen LogP contribution in [0.15, 0.2) is 30.3 Å². The Labute approximate surface area is 158 Å². The second kappa shape index (κ2) is 13.1. The van der Waals surface area contributed by atoms with Gasteiger partial charge in [0, 0.05) is 39.4 Å². The average Bonchev–Trinajstić information content (AvgIpc) is 2.38. The first-order valence-corrected chi connectivity index (χ1v) is 7.11. The summed E-state index contributed by atoms with van der Waals surface area (Å²) >= 11 is 0. The largest absolute Gasteiger partial charge is 0.481 e. The van der Waals surface area contributed by atoms with Crippen molar-refractivity contribution >= 4 is 31.2 Å². The van der Waals surface area contributed by atoms with Gasteiger partial charge in [-0.05, 0) is 12.1 Å². The summed E-state index contributed by atoms with van der Waals surface area (Å²) in [7, 11) is -2.46. The Kier molecular flexibility index (Phi) is 15.2. The summed E-state index contributed by atoms with van der Waals surface area (Å²) in [6, 6.07) is 8.58. The van der Waals surface area contributed by atoms with E-state index in [2.05, 4.69) is 0 Å². The van der Waals surface area contributed by atoms with Crippen LogP contribution in [0.25, 0.3) is 0 Å². The molecular formula is C12H15Cu2O9P. The minimum absolute atomic E-state index is 0. The molecule has 9 nitrogen and oxygen atoms in total. The Balaban J connectivity index is -0.000000355. The van der Waals surface area contributed by atoms with E-state index in [-0.39, 0.29) is 34.1 Å². The molecule has 144 valence electrons. The first-order chi connectivity index (χ1) is 10.1. The standard InChI is InChI=1S/C6H8O7.C6H7O2P.2Cu/c7-3(8)1-6(13,5(11)12)2-4(9)10;7-9(8)6-4-2-1-3-5-6;;/h13H,1-2H2,(H,7,8)(H,9,10)(H,11,12);1-5,9H,(H,7,8);;. The van der Waals surface area contributed by atoms with Gasteiger partial charge >= 0.3 is 17.9 Å². The first kappa shape index (κ1) is 27.7. The zero-order chi connectivity index (χ0) is 17.3. The van der Waals surface area contributed by atoms with Crippen molar-refractivity contribution in [3.8, 4) is 0 Å². The number of hydrogen-bond acceptors (Lipinski definition) is 5. The summed E-state index contributed by atoms with van der Waals surface area (Å²) in [6.07, 6.45) is -2.29. The SMILES string of the molecule is O=C(O)CC(O)(CC(=O)O)C(=O)O.O=[PH](O)c1ccccc1.[Cu].[Cu]. The molecule has 5 N–H and O–H groups in total. The molecule has 1 rings (SSSR count). The Bertz CT molecular complexity index is 549.